The van der Waals surface area contributed by atoms with Crippen LogP contribution < -0.4 is 39.1 Å². The van der Waals surface area contributed by atoms with Crippen LogP contribution in [0.2, 0.25) is 0 Å². The lowest BCUT2D eigenvalue weighted by Crippen LogP contribution is -2.45. The number of rotatable bonds is 12. The van der Waals surface area contributed by atoms with Crippen LogP contribution in [0.1, 0.15) is 25.0 Å². The first-order valence-electron chi connectivity index (χ1n) is 16.1. The fourth-order valence-corrected chi connectivity index (χ4v) is 4.92. The van der Waals surface area contributed by atoms with Gasteiger partial charge in [-0.25, -0.2) is 0 Å². The van der Waals surface area contributed by atoms with E-state index in [0.717, 1.165) is 0 Å². The minimum Gasteiger partial charge on any atom is -0.490 e. The number of ether oxygens (including phenoxy) is 6. The largest absolute Gasteiger partial charge is 0.490 e. The fourth-order valence-electron chi connectivity index (χ4n) is 4.92. The van der Waals surface area contributed by atoms with Gasteiger partial charge < -0.3 is 49.3 Å². The predicted octanol–water partition coefficient (Wildman–Crippen LogP) is 4.80. The molecule has 2 aliphatic heterocycles. The first-order chi connectivity index (χ1) is 25.5. The Kier molecular flexibility index (Phi) is 11.4. The second-order valence-corrected chi connectivity index (χ2v) is 12.6. The molecular weight excluding hydrogens is 712 g/mol. The van der Waals surface area contributed by atoms with Crippen LogP contribution in [0, 0.1) is 34.1 Å². The average molecular weight is 749 g/mol. The normalized spacial score (nSPS) is 14.3. The smallest absolute Gasteiger partial charge is 0.272 e. The first kappa shape index (κ1) is 38.6. The number of fused-ring (bicyclic) bond motifs is 2. The second kappa shape index (κ2) is 15.9. The molecular formula is C36H36N4O14. The molecule has 2 heterocycles. The number of hydrogen-bond donors (Lipinski definition) is 4. The Hall–Kier alpha value is -6.66. The molecule has 0 bridgehead atoms. The summed E-state index contributed by atoms with van der Waals surface area (Å²) in [7, 11) is 0. The van der Waals surface area contributed by atoms with E-state index in [0.29, 0.717) is 57.0 Å². The summed E-state index contributed by atoms with van der Waals surface area (Å²) >= 11 is 0. The summed E-state index contributed by atoms with van der Waals surface area (Å²) in [5, 5.41) is 47.6. The average Bonchev–Trinajstić information content (AvgIpc) is 3.79. The number of anilines is 2. The molecule has 4 N–H and O–H groups in total. The Bertz CT molecular complexity index is 1940. The zero-order chi connectivity index (χ0) is 39.2. The summed E-state index contributed by atoms with van der Waals surface area (Å²) < 4.78 is 31.9. The topological polar surface area (TPSA) is 240 Å². The number of amides is 2. The van der Waals surface area contributed by atoms with Gasteiger partial charge in [-0.2, -0.15) is 0 Å². The van der Waals surface area contributed by atoms with Crippen molar-refractivity contribution in [3.8, 4) is 34.5 Å². The zero-order valence-corrected chi connectivity index (χ0v) is 29.4. The number of carbonyl (C=O) groups excluding carboxylic acids is 2. The third-order valence-corrected chi connectivity index (χ3v) is 8.01. The number of nitrogens with zero attached hydrogens (tertiary/aromatic N) is 2. The van der Waals surface area contributed by atoms with Crippen molar-refractivity contribution in [1.82, 2.24) is 0 Å². The number of nitro groups is 2. The SMILES string of the molecule is Cc1cc(NC(=O)C(C)(O)COc2ccc3c(c2)OCO3)ccc1[N+](=O)[O-].Cc1cc(NC(=O)C(C)(O)COc2ccc3c(c2)OCO3)ccc1[N+](=O)[O-]. The van der Waals surface area contributed by atoms with Gasteiger partial charge in [0.15, 0.2) is 34.2 Å². The summed E-state index contributed by atoms with van der Waals surface area (Å²) in [6.07, 6.45) is 0. The Balaban J connectivity index is 0.000000208. The van der Waals surface area contributed by atoms with Crippen LogP contribution in [0.25, 0.3) is 0 Å². The van der Waals surface area contributed by atoms with Crippen molar-refractivity contribution in [3.05, 3.63) is 104 Å². The van der Waals surface area contributed by atoms with E-state index in [1.54, 1.807) is 50.2 Å². The Morgan fingerprint density at radius 1 is 0.648 bits per heavy atom. The Labute approximate surface area is 307 Å². The highest BCUT2D eigenvalue weighted by Crippen LogP contribution is 2.36. The van der Waals surface area contributed by atoms with Crippen LogP contribution in [0.3, 0.4) is 0 Å². The first-order valence-corrected chi connectivity index (χ1v) is 16.1. The maximum Gasteiger partial charge on any atom is 0.272 e. The van der Waals surface area contributed by atoms with Crippen molar-refractivity contribution in [2.75, 3.05) is 37.4 Å². The molecule has 0 aromatic heterocycles. The van der Waals surface area contributed by atoms with Gasteiger partial charge in [-0.05, 0) is 76.2 Å². The molecule has 2 aliphatic rings. The number of benzene rings is 4. The van der Waals surface area contributed by atoms with E-state index in [-0.39, 0.29) is 38.2 Å². The molecule has 0 saturated heterocycles. The molecule has 2 atom stereocenters. The van der Waals surface area contributed by atoms with Crippen molar-refractivity contribution >= 4 is 34.6 Å². The van der Waals surface area contributed by atoms with E-state index in [4.69, 9.17) is 28.4 Å². The molecule has 18 nitrogen and oxygen atoms in total. The fraction of sp³-hybridized carbons (Fsp3) is 0.278. The van der Waals surface area contributed by atoms with Crippen molar-refractivity contribution < 1.29 is 58.1 Å². The highest BCUT2D eigenvalue weighted by Gasteiger charge is 2.33. The third-order valence-electron chi connectivity index (χ3n) is 8.01. The van der Waals surface area contributed by atoms with Gasteiger partial charge in [0.1, 0.15) is 24.7 Å². The number of hydrogen-bond acceptors (Lipinski definition) is 14. The number of nitrogens with one attached hydrogen (secondary N) is 2. The second-order valence-electron chi connectivity index (χ2n) is 12.6. The molecule has 2 amide bonds. The van der Waals surface area contributed by atoms with Crippen LogP contribution in [0.15, 0.2) is 72.8 Å². The van der Waals surface area contributed by atoms with Crippen molar-refractivity contribution in [2.45, 2.75) is 38.9 Å². The van der Waals surface area contributed by atoms with E-state index >= 15 is 0 Å². The molecule has 2 unspecified atom stereocenters. The van der Waals surface area contributed by atoms with Crippen LogP contribution in [-0.4, -0.2) is 69.9 Å². The van der Waals surface area contributed by atoms with Gasteiger partial charge in [-0.15, -0.1) is 0 Å². The predicted molar refractivity (Wildman–Crippen MR) is 190 cm³/mol. The minimum atomic E-state index is -1.83. The van der Waals surface area contributed by atoms with Gasteiger partial charge in [0.05, 0.1) is 9.85 Å². The van der Waals surface area contributed by atoms with Gasteiger partial charge in [-0.1, -0.05) is 0 Å². The number of aliphatic hydroxyl groups is 2. The third kappa shape index (κ3) is 9.41. The minimum absolute atomic E-state index is 0.0501. The van der Waals surface area contributed by atoms with Gasteiger partial charge in [0, 0.05) is 46.8 Å². The van der Waals surface area contributed by atoms with Crippen LogP contribution in [-0.2, 0) is 9.59 Å². The quantitative estimate of drug-likeness (QED) is 0.112. The molecule has 4 aromatic rings. The molecule has 0 aliphatic carbocycles. The van der Waals surface area contributed by atoms with Crippen molar-refractivity contribution in [3.63, 3.8) is 0 Å². The Morgan fingerprint density at radius 3 is 1.37 bits per heavy atom. The molecule has 18 heteroatoms. The van der Waals surface area contributed by atoms with Gasteiger partial charge in [0.2, 0.25) is 13.6 Å². The van der Waals surface area contributed by atoms with Crippen LogP contribution in [0.5, 0.6) is 34.5 Å². The summed E-state index contributed by atoms with van der Waals surface area (Å²) in [4.78, 5) is 45.4. The lowest BCUT2D eigenvalue weighted by atomic mass is 10.1. The molecule has 0 saturated carbocycles. The lowest BCUT2D eigenvalue weighted by Gasteiger charge is -2.22. The highest BCUT2D eigenvalue weighted by atomic mass is 16.7. The number of carbonyl (C=O) groups is 2. The van der Waals surface area contributed by atoms with E-state index in [9.17, 15) is 40.0 Å². The van der Waals surface area contributed by atoms with Gasteiger partial charge in [-0.3, -0.25) is 29.8 Å². The van der Waals surface area contributed by atoms with Crippen molar-refractivity contribution in [1.29, 1.82) is 0 Å². The molecule has 6 rings (SSSR count). The molecule has 284 valence electrons. The molecule has 0 spiro atoms. The van der Waals surface area contributed by atoms with E-state index in [1.807, 2.05) is 0 Å². The van der Waals surface area contributed by atoms with Crippen LogP contribution >= 0.6 is 0 Å². The molecule has 4 aromatic carbocycles. The van der Waals surface area contributed by atoms with E-state index in [1.165, 1.54) is 50.2 Å². The lowest BCUT2D eigenvalue weighted by molar-refractivity contribution is -0.385. The van der Waals surface area contributed by atoms with E-state index < -0.39 is 32.9 Å². The van der Waals surface area contributed by atoms with E-state index in [2.05, 4.69) is 10.6 Å². The summed E-state index contributed by atoms with van der Waals surface area (Å²) in [5.74, 6) is 1.68. The van der Waals surface area contributed by atoms with Crippen molar-refractivity contribution in [2.24, 2.45) is 0 Å². The zero-order valence-electron chi connectivity index (χ0n) is 29.4. The van der Waals surface area contributed by atoms with Gasteiger partial charge in [0.25, 0.3) is 23.2 Å². The highest BCUT2D eigenvalue weighted by molar-refractivity contribution is 5.97. The summed E-state index contributed by atoms with van der Waals surface area (Å²) in [6, 6.07) is 18.2. The number of aryl methyl sites for hydroxylation is 2. The standard InChI is InChI=1S/2C18H18N2O7/c2*1-11-7-12(3-5-14(11)20(23)24)19-17(21)18(2,22)9-25-13-4-6-15-16(8-13)27-10-26-15/h2*3-8,22H,9-10H2,1-2H3,(H,19,21). The summed E-state index contributed by atoms with van der Waals surface area (Å²) in [6.45, 7) is 5.42. The number of nitro benzene ring substituents is 2. The molecule has 54 heavy (non-hydrogen) atoms. The monoisotopic (exact) mass is 748 g/mol. The molecule has 0 radical (unpaired) electrons. The maximum absolute atomic E-state index is 12.4. The summed E-state index contributed by atoms with van der Waals surface area (Å²) in [5.41, 5.74) is -2.28. The maximum atomic E-state index is 12.4. The van der Waals surface area contributed by atoms with Gasteiger partial charge >= 0.3 is 0 Å². The Morgan fingerprint density at radius 2 is 1.02 bits per heavy atom. The van der Waals surface area contributed by atoms with Crippen LogP contribution in [0.4, 0.5) is 22.7 Å². The molecule has 0 fully saturated rings.